The van der Waals surface area contributed by atoms with Crippen LogP contribution in [0.5, 0.6) is 0 Å². The average Bonchev–Trinajstić information content (AvgIpc) is 2.55. The van der Waals surface area contributed by atoms with Crippen molar-refractivity contribution in [1.82, 2.24) is 15.1 Å². The summed E-state index contributed by atoms with van der Waals surface area (Å²) >= 11 is 3.31. The highest BCUT2D eigenvalue weighted by molar-refractivity contribution is 9.10. The molecule has 0 spiro atoms. The zero-order chi connectivity index (χ0) is 15.5. The smallest absolute Gasteiger partial charge is 0.408 e. The van der Waals surface area contributed by atoms with E-state index in [-0.39, 0.29) is 6.42 Å². The summed E-state index contributed by atoms with van der Waals surface area (Å²) in [5.74, 6) is -1.03. The minimum atomic E-state index is -1.03. The summed E-state index contributed by atoms with van der Waals surface area (Å²) < 4.78 is 7.29. The fourth-order valence-electron chi connectivity index (χ4n) is 1.54. The van der Waals surface area contributed by atoms with E-state index in [1.54, 1.807) is 32.5 Å². The number of nitrogens with one attached hydrogen (secondary N) is 1. The van der Waals surface area contributed by atoms with Crippen LogP contribution >= 0.6 is 15.9 Å². The van der Waals surface area contributed by atoms with Crippen molar-refractivity contribution in [3.05, 3.63) is 16.4 Å². The van der Waals surface area contributed by atoms with Crippen LogP contribution < -0.4 is 5.32 Å². The number of aromatic nitrogens is 2. The molecule has 1 rings (SSSR count). The number of hydrogen-bond acceptors (Lipinski definition) is 4. The predicted octanol–water partition coefficient (Wildman–Crippen LogP) is 2.22. The lowest BCUT2D eigenvalue weighted by Gasteiger charge is -2.22. The van der Waals surface area contributed by atoms with Crippen molar-refractivity contribution in [3.63, 3.8) is 0 Å². The lowest BCUT2D eigenvalue weighted by atomic mass is 10.1. The number of carbonyl (C=O) groups excluding carboxylic acids is 1. The van der Waals surface area contributed by atoms with Gasteiger partial charge in [-0.3, -0.25) is 9.48 Å². The maximum absolute atomic E-state index is 11.8. The van der Waals surface area contributed by atoms with Crippen molar-refractivity contribution in [2.75, 3.05) is 0 Å². The van der Waals surface area contributed by atoms with Gasteiger partial charge in [0.05, 0.1) is 18.7 Å². The number of carbonyl (C=O) groups is 2. The summed E-state index contributed by atoms with van der Waals surface area (Å²) in [6.07, 6.45) is 0.581. The number of hydrogen-bond donors (Lipinski definition) is 2. The number of halogens is 1. The third kappa shape index (κ3) is 4.84. The van der Waals surface area contributed by atoms with Gasteiger partial charge in [0.2, 0.25) is 0 Å². The van der Waals surface area contributed by atoms with Crippen LogP contribution in [0.25, 0.3) is 0 Å². The molecule has 0 saturated heterocycles. The van der Waals surface area contributed by atoms with Crippen molar-refractivity contribution in [1.29, 1.82) is 0 Å². The highest BCUT2D eigenvalue weighted by atomic mass is 79.9. The summed E-state index contributed by atoms with van der Waals surface area (Å²) in [7, 11) is 1.71. The predicted molar refractivity (Wildman–Crippen MR) is 75.3 cm³/mol. The van der Waals surface area contributed by atoms with Crippen LogP contribution in [0.2, 0.25) is 0 Å². The van der Waals surface area contributed by atoms with E-state index < -0.39 is 23.7 Å². The lowest BCUT2D eigenvalue weighted by Crippen LogP contribution is -2.35. The maximum Gasteiger partial charge on any atom is 0.408 e. The number of ether oxygens (including phenoxy) is 1. The number of amides is 1. The molecule has 0 saturated carbocycles. The van der Waals surface area contributed by atoms with Crippen LogP contribution in [-0.4, -0.2) is 32.6 Å². The molecule has 1 amide bonds. The Hall–Kier alpha value is -1.57. The second-order valence-corrected chi connectivity index (χ2v) is 6.06. The van der Waals surface area contributed by atoms with Crippen molar-refractivity contribution >= 4 is 28.0 Å². The summed E-state index contributed by atoms with van der Waals surface area (Å²) in [5, 5.41) is 15.5. The van der Waals surface area contributed by atoms with E-state index in [0.717, 1.165) is 0 Å². The van der Waals surface area contributed by atoms with Gasteiger partial charge in [-0.2, -0.15) is 5.10 Å². The van der Waals surface area contributed by atoms with Gasteiger partial charge in [0, 0.05) is 12.6 Å². The van der Waals surface area contributed by atoms with Crippen LogP contribution in [0.4, 0.5) is 4.79 Å². The molecule has 0 radical (unpaired) electrons. The fraction of sp³-hybridized carbons (Fsp3) is 0.583. The van der Waals surface area contributed by atoms with E-state index in [2.05, 4.69) is 26.3 Å². The third-order valence-corrected chi connectivity index (χ3v) is 3.31. The standard InChI is InChI=1S/C12H18BrN3O4/c1-12(2,3)20-11(19)15-8(5-9(17)18)7-6-14-16(4)10(7)13/h6,8H,5H2,1-4H3,(H,15,19)(H,17,18)/t8-/m0/s1. The molecule has 0 aliphatic heterocycles. The van der Waals surface area contributed by atoms with Gasteiger partial charge in [0.15, 0.2) is 0 Å². The van der Waals surface area contributed by atoms with Gasteiger partial charge in [0.1, 0.15) is 10.2 Å². The summed E-state index contributed by atoms with van der Waals surface area (Å²) in [6.45, 7) is 5.20. The van der Waals surface area contributed by atoms with E-state index in [0.29, 0.717) is 10.2 Å². The Kier molecular flexibility index (Phi) is 5.15. The van der Waals surface area contributed by atoms with E-state index in [9.17, 15) is 9.59 Å². The number of aliphatic carboxylic acids is 1. The number of aryl methyl sites for hydroxylation is 1. The van der Waals surface area contributed by atoms with Gasteiger partial charge in [0.25, 0.3) is 0 Å². The van der Waals surface area contributed by atoms with Gasteiger partial charge in [-0.25, -0.2) is 4.79 Å². The largest absolute Gasteiger partial charge is 0.481 e. The molecule has 112 valence electrons. The number of nitrogens with zero attached hydrogens (tertiary/aromatic N) is 2. The Bertz CT molecular complexity index is 507. The van der Waals surface area contributed by atoms with Crippen LogP contribution in [0, 0.1) is 0 Å². The van der Waals surface area contributed by atoms with Crippen LogP contribution in [-0.2, 0) is 16.6 Å². The monoisotopic (exact) mass is 347 g/mol. The molecule has 2 N–H and O–H groups in total. The van der Waals surface area contributed by atoms with E-state index >= 15 is 0 Å². The highest BCUT2D eigenvalue weighted by Gasteiger charge is 2.25. The van der Waals surface area contributed by atoms with Crippen molar-refractivity contribution in [3.8, 4) is 0 Å². The summed E-state index contributed by atoms with van der Waals surface area (Å²) in [5.41, 5.74) is -0.0647. The molecule has 0 aliphatic rings. The summed E-state index contributed by atoms with van der Waals surface area (Å²) in [6, 6.07) is -0.717. The number of carboxylic acids is 1. The first kappa shape index (κ1) is 16.5. The molecule has 0 aromatic carbocycles. The first-order valence-electron chi connectivity index (χ1n) is 5.99. The fourth-order valence-corrected chi connectivity index (χ4v) is 2.01. The molecular formula is C12H18BrN3O4. The Morgan fingerprint density at radius 3 is 2.55 bits per heavy atom. The topological polar surface area (TPSA) is 93.5 Å². The van der Waals surface area contributed by atoms with E-state index in [1.807, 2.05) is 0 Å². The van der Waals surface area contributed by atoms with Gasteiger partial charge in [-0.05, 0) is 36.7 Å². The molecule has 1 aromatic rings. The van der Waals surface area contributed by atoms with Crippen molar-refractivity contribution in [2.45, 2.75) is 38.8 Å². The minimum Gasteiger partial charge on any atom is -0.481 e. The maximum atomic E-state index is 11.8. The highest BCUT2D eigenvalue weighted by Crippen LogP contribution is 2.25. The molecule has 0 aliphatic carbocycles. The molecule has 0 unspecified atom stereocenters. The van der Waals surface area contributed by atoms with Crippen molar-refractivity contribution in [2.24, 2.45) is 7.05 Å². The zero-order valence-corrected chi connectivity index (χ0v) is 13.4. The Morgan fingerprint density at radius 2 is 2.15 bits per heavy atom. The molecule has 1 atom stereocenters. The average molecular weight is 348 g/mol. The molecule has 7 nitrogen and oxygen atoms in total. The lowest BCUT2D eigenvalue weighted by molar-refractivity contribution is -0.137. The zero-order valence-electron chi connectivity index (χ0n) is 11.8. The first-order valence-corrected chi connectivity index (χ1v) is 6.78. The SMILES string of the molecule is Cn1ncc([C@H](CC(=O)O)NC(=O)OC(C)(C)C)c1Br. The van der Waals surface area contributed by atoms with Crippen LogP contribution in [0.3, 0.4) is 0 Å². The Balaban J connectivity index is 2.88. The van der Waals surface area contributed by atoms with Gasteiger partial charge in [-0.1, -0.05) is 0 Å². The number of alkyl carbamates (subject to hydrolysis) is 1. The van der Waals surface area contributed by atoms with Gasteiger partial charge < -0.3 is 15.2 Å². The van der Waals surface area contributed by atoms with Gasteiger partial charge in [-0.15, -0.1) is 0 Å². The molecule has 0 fully saturated rings. The van der Waals surface area contributed by atoms with Crippen LogP contribution in [0.1, 0.15) is 38.8 Å². The molecular weight excluding hydrogens is 330 g/mol. The second kappa shape index (κ2) is 6.25. The Labute approximate surface area is 125 Å². The normalized spacial score (nSPS) is 12.8. The van der Waals surface area contributed by atoms with E-state index in [4.69, 9.17) is 9.84 Å². The third-order valence-electron chi connectivity index (χ3n) is 2.34. The Morgan fingerprint density at radius 1 is 1.55 bits per heavy atom. The van der Waals surface area contributed by atoms with E-state index in [1.165, 1.54) is 6.20 Å². The molecule has 20 heavy (non-hydrogen) atoms. The molecule has 0 bridgehead atoms. The van der Waals surface area contributed by atoms with Crippen LogP contribution in [0.15, 0.2) is 10.8 Å². The molecule has 1 aromatic heterocycles. The summed E-state index contributed by atoms with van der Waals surface area (Å²) in [4.78, 5) is 22.7. The molecule has 8 heteroatoms. The number of rotatable bonds is 4. The molecule has 1 heterocycles. The van der Waals surface area contributed by atoms with Crippen molar-refractivity contribution < 1.29 is 19.4 Å². The van der Waals surface area contributed by atoms with Gasteiger partial charge >= 0.3 is 12.1 Å². The minimum absolute atomic E-state index is 0.260. The second-order valence-electron chi connectivity index (χ2n) is 5.31. The quantitative estimate of drug-likeness (QED) is 0.870. The number of carboxylic acid groups (broad SMARTS) is 1. The first-order chi connectivity index (χ1) is 9.10.